The molecule has 196 valence electrons. The molecule has 2 aliphatic rings. The lowest BCUT2D eigenvalue weighted by Gasteiger charge is -2.14. The molecule has 2 aromatic heterocycles. The maximum Gasteiger partial charge on any atom is 0.488 e. The summed E-state index contributed by atoms with van der Waals surface area (Å²) in [5.74, 6) is 0. The molecular weight excluding hydrogens is 539 g/mol. The van der Waals surface area contributed by atoms with Crippen LogP contribution >= 0.6 is 15.9 Å². The standard InChI is InChI=1S/C15H16N2.C10H12BrN.C5H6BNO2/c1-10-9-12-3-2-4-13(12)15(16)14(10)11-5-7-17-8-6-11;1-6-5-7-3-2-4-8(7)10(12)9(6)11;8-6(9)5-1-3-7-4-2-5/h5-9H,2-4,16H2,1H3;5H,2-4,12H2,1H3;1-4,8-9H. The third-order valence-electron chi connectivity index (χ3n) is 7.17. The number of hydrogen-bond donors (Lipinski definition) is 4. The number of aromatic nitrogens is 2. The summed E-state index contributed by atoms with van der Waals surface area (Å²) < 4.78 is 1.09. The number of nitrogens with two attached hydrogens (primary N) is 2. The molecule has 0 aliphatic heterocycles. The third kappa shape index (κ3) is 6.26. The van der Waals surface area contributed by atoms with E-state index in [4.69, 9.17) is 21.5 Å². The van der Waals surface area contributed by atoms with Crippen molar-refractivity contribution in [2.75, 3.05) is 11.5 Å². The molecule has 2 aliphatic carbocycles. The Kier molecular flexibility index (Phi) is 9.20. The van der Waals surface area contributed by atoms with Crippen LogP contribution in [0.4, 0.5) is 11.4 Å². The molecule has 38 heavy (non-hydrogen) atoms. The maximum atomic E-state index is 8.55. The number of pyridine rings is 2. The second-order valence-electron chi connectivity index (χ2n) is 9.78. The van der Waals surface area contributed by atoms with Gasteiger partial charge in [-0.25, -0.2) is 0 Å². The third-order valence-corrected chi connectivity index (χ3v) is 8.22. The molecule has 0 unspecified atom stereocenters. The average molecular weight is 573 g/mol. The van der Waals surface area contributed by atoms with Crippen LogP contribution in [0, 0.1) is 13.8 Å². The number of aryl methyl sites for hydroxylation is 4. The molecule has 6 nitrogen and oxygen atoms in total. The first-order chi connectivity index (χ1) is 18.3. The van der Waals surface area contributed by atoms with Gasteiger partial charge >= 0.3 is 7.12 Å². The number of nitrogens with zero attached hydrogens (tertiary/aromatic N) is 2. The Hall–Kier alpha value is -3.20. The summed E-state index contributed by atoms with van der Waals surface area (Å²) in [6.07, 6.45) is 13.8. The Morgan fingerprint density at radius 3 is 1.76 bits per heavy atom. The zero-order valence-corrected chi connectivity index (χ0v) is 23.5. The van der Waals surface area contributed by atoms with Crippen LogP contribution in [0.15, 0.2) is 65.7 Å². The zero-order valence-electron chi connectivity index (χ0n) is 21.9. The number of halogens is 1. The fraction of sp³-hybridized carbons (Fsp3) is 0.267. The lowest BCUT2D eigenvalue weighted by molar-refractivity contribution is 0.425. The lowest BCUT2D eigenvalue weighted by atomic mass is 9.81. The Balaban J connectivity index is 0.000000141. The van der Waals surface area contributed by atoms with Gasteiger partial charge in [0.15, 0.2) is 0 Å². The molecule has 8 heteroatoms. The molecule has 6 N–H and O–H groups in total. The summed E-state index contributed by atoms with van der Waals surface area (Å²) in [4.78, 5) is 7.77. The fourth-order valence-corrected chi connectivity index (χ4v) is 5.63. The van der Waals surface area contributed by atoms with Gasteiger partial charge < -0.3 is 21.5 Å². The molecule has 0 amide bonds. The van der Waals surface area contributed by atoms with E-state index in [1.54, 1.807) is 12.1 Å². The number of fused-ring (bicyclic) bond motifs is 2. The molecule has 4 aromatic rings. The number of nitrogen functional groups attached to an aromatic ring is 2. The van der Waals surface area contributed by atoms with Crippen LogP contribution in [-0.2, 0) is 25.7 Å². The normalized spacial score (nSPS) is 13.0. The van der Waals surface area contributed by atoms with E-state index in [2.05, 4.69) is 51.9 Å². The summed E-state index contributed by atoms with van der Waals surface area (Å²) in [6, 6.07) is 11.7. The van der Waals surface area contributed by atoms with Crippen LogP contribution in [0.1, 0.15) is 46.2 Å². The van der Waals surface area contributed by atoms with E-state index in [-0.39, 0.29) is 0 Å². The Morgan fingerprint density at radius 2 is 1.24 bits per heavy atom. The van der Waals surface area contributed by atoms with Crippen LogP contribution in [0.3, 0.4) is 0 Å². The van der Waals surface area contributed by atoms with Crippen molar-refractivity contribution in [1.82, 2.24) is 9.97 Å². The van der Waals surface area contributed by atoms with Crippen molar-refractivity contribution in [3.8, 4) is 11.1 Å². The molecule has 2 aromatic carbocycles. The van der Waals surface area contributed by atoms with Crippen molar-refractivity contribution in [2.24, 2.45) is 0 Å². The summed E-state index contributed by atoms with van der Waals surface area (Å²) in [5, 5.41) is 17.1. The first kappa shape index (κ1) is 27.8. The molecule has 0 bridgehead atoms. The number of benzene rings is 2. The summed E-state index contributed by atoms with van der Waals surface area (Å²) >= 11 is 3.51. The number of hydrogen-bond acceptors (Lipinski definition) is 6. The van der Waals surface area contributed by atoms with Crippen molar-refractivity contribution < 1.29 is 10.0 Å². The van der Waals surface area contributed by atoms with Crippen LogP contribution in [0.5, 0.6) is 0 Å². The summed E-state index contributed by atoms with van der Waals surface area (Å²) in [7, 11) is -1.38. The van der Waals surface area contributed by atoms with Gasteiger partial charge in [-0.05, 0) is 137 Å². The quantitative estimate of drug-likeness (QED) is 0.204. The van der Waals surface area contributed by atoms with Gasteiger partial charge in [0.1, 0.15) is 0 Å². The lowest BCUT2D eigenvalue weighted by Crippen LogP contribution is -2.29. The highest BCUT2D eigenvalue weighted by Crippen LogP contribution is 2.38. The second kappa shape index (κ2) is 12.6. The first-order valence-corrected chi connectivity index (χ1v) is 13.7. The van der Waals surface area contributed by atoms with E-state index < -0.39 is 7.12 Å². The topological polar surface area (TPSA) is 118 Å². The minimum Gasteiger partial charge on any atom is -0.423 e. The molecule has 0 fully saturated rings. The van der Waals surface area contributed by atoms with E-state index in [1.165, 1.54) is 82.6 Å². The van der Waals surface area contributed by atoms with Crippen LogP contribution in [0.25, 0.3) is 11.1 Å². The van der Waals surface area contributed by atoms with E-state index in [0.717, 1.165) is 28.7 Å². The zero-order chi connectivity index (χ0) is 27.2. The summed E-state index contributed by atoms with van der Waals surface area (Å²) in [5.41, 5.74) is 25.2. The molecular formula is C30H34BBrN4O2. The highest BCUT2D eigenvalue weighted by atomic mass is 79.9. The molecule has 2 heterocycles. The van der Waals surface area contributed by atoms with Crippen molar-refractivity contribution in [3.63, 3.8) is 0 Å². The molecule has 6 rings (SSSR count). The van der Waals surface area contributed by atoms with Crippen molar-refractivity contribution in [2.45, 2.75) is 52.4 Å². The first-order valence-electron chi connectivity index (χ1n) is 12.9. The molecule has 0 atom stereocenters. The predicted octanol–water partition coefficient (Wildman–Crippen LogP) is 4.72. The average Bonchev–Trinajstić information content (AvgIpc) is 3.59. The van der Waals surface area contributed by atoms with Gasteiger partial charge in [-0.2, -0.15) is 0 Å². The van der Waals surface area contributed by atoms with E-state index >= 15 is 0 Å². The largest absolute Gasteiger partial charge is 0.488 e. The predicted molar refractivity (Wildman–Crippen MR) is 160 cm³/mol. The Morgan fingerprint density at radius 1 is 0.737 bits per heavy atom. The SMILES string of the molecule is Cc1cc2c(c(N)c1-c1ccncc1)CCC2.Cc1cc2c(c(N)c1Br)CCC2.OB(O)c1ccncc1. The van der Waals surface area contributed by atoms with Crippen LogP contribution < -0.4 is 16.9 Å². The minimum atomic E-state index is -1.38. The number of anilines is 2. The fourth-order valence-electron chi connectivity index (χ4n) is 5.27. The summed E-state index contributed by atoms with van der Waals surface area (Å²) in [6.45, 7) is 4.24. The van der Waals surface area contributed by atoms with E-state index in [9.17, 15) is 0 Å². The van der Waals surface area contributed by atoms with E-state index in [0.29, 0.717) is 5.46 Å². The monoisotopic (exact) mass is 572 g/mol. The Bertz CT molecular complexity index is 1400. The van der Waals surface area contributed by atoms with Crippen LogP contribution in [-0.4, -0.2) is 27.1 Å². The van der Waals surface area contributed by atoms with Gasteiger partial charge in [-0.15, -0.1) is 0 Å². The van der Waals surface area contributed by atoms with Crippen molar-refractivity contribution in [1.29, 1.82) is 0 Å². The van der Waals surface area contributed by atoms with Gasteiger partial charge in [0.05, 0.1) is 0 Å². The smallest absolute Gasteiger partial charge is 0.423 e. The molecule has 0 saturated carbocycles. The van der Waals surface area contributed by atoms with Crippen LogP contribution in [0.2, 0.25) is 0 Å². The van der Waals surface area contributed by atoms with Gasteiger partial charge in [-0.1, -0.05) is 12.1 Å². The van der Waals surface area contributed by atoms with Crippen molar-refractivity contribution in [3.05, 3.63) is 99.0 Å². The maximum absolute atomic E-state index is 8.55. The minimum absolute atomic E-state index is 0.463. The highest BCUT2D eigenvalue weighted by Gasteiger charge is 2.19. The second-order valence-corrected chi connectivity index (χ2v) is 10.6. The van der Waals surface area contributed by atoms with Gasteiger partial charge in [0, 0.05) is 46.2 Å². The van der Waals surface area contributed by atoms with Crippen molar-refractivity contribution >= 4 is 39.9 Å². The molecule has 0 saturated heterocycles. The molecule has 0 radical (unpaired) electrons. The van der Waals surface area contributed by atoms with Gasteiger partial charge in [0.2, 0.25) is 0 Å². The van der Waals surface area contributed by atoms with E-state index in [1.807, 2.05) is 24.5 Å². The number of rotatable bonds is 2. The van der Waals surface area contributed by atoms with Gasteiger partial charge in [0.25, 0.3) is 0 Å². The highest BCUT2D eigenvalue weighted by molar-refractivity contribution is 9.10. The Labute approximate surface area is 233 Å². The molecule has 0 spiro atoms. The van der Waals surface area contributed by atoms with Gasteiger partial charge in [-0.3, -0.25) is 9.97 Å².